The van der Waals surface area contributed by atoms with E-state index in [0.717, 1.165) is 84.9 Å². The van der Waals surface area contributed by atoms with Gasteiger partial charge in [-0.2, -0.15) is 0 Å². The SMILES string of the molecule is CC(=Nc1c(C)cccc1C)c1cccc(C2=Nc3ccccc3NC(C)(c3cccc(C(C)=Nc4c(C)cccc4C)n3)C2)n1. The molecule has 1 atom stereocenters. The molecule has 0 fully saturated rings. The highest BCUT2D eigenvalue weighted by Crippen LogP contribution is 2.38. The van der Waals surface area contributed by atoms with E-state index in [2.05, 4.69) is 94.5 Å². The van der Waals surface area contributed by atoms with E-state index in [1.807, 2.05) is 56.3 Å². The van der Waals surface area contributed by atoms with Crippen molar-refractivity contribution in [3.05, 3.63) is 142 Å². The molecule has 3 heterocycles. The topological polar surface area (TPSA) is 74.9 Å². The Morgan fingerprint density at radius 2 is 1.15 bits per heavy atom. The molecule has 5 aromatic rings. The van der Waals surface area contributed by atoms with E-state index >= 15 is 0 Å². The van der Waals surface area contributed by atoms with Crippen LogP contribution in [0.2, 0.25) is 0 Å². The monoisotopic (exact) mass is 604 g/mol. The Morgan fingerprint density at radius 3 is 1.76 bits per heavy atom. The molecule has 0 amide bonds. The van der Waals surface area contributed by atoms with Gasteiger partial charge in [-0.3, -0.25) is 9.98 Å². The van der Waals surface area contributed by atoms with Gasteiger partial charge in [-0.25, -0.2) is 15.0 Å². The van der Waals surface area contributed by atoms with Crippen LogP contribution >= 0.6 is 0 Å². The molecule has 0 saturated heterocycles. The molecular formula is C40H40N6. The quantitative estimate of drug-likeness (QED) is 0.196. The maximum absolute atomic E-state index is 5.19. The van der Waals surface area contributed by atoms with Gasteiger partial charge in [0.05, 0.1) is 68.2 Å². The Bertz CT molecular complexity index is 2000. The van der Waals surface area contributed by atoms with Crippen LogP contribution in [0, 0.1) is 27.7 Å². The minimum atomic E-state index is -0.570. The first-order valence-corrected chi connectivity index (χ1v) is 15.7. The summed E-state index contributed by atoms with van der Waals surface area (Å²) in [5.41, 5.74) is 13.9. The lowest BCUT2D eigenvalue weighted by Gasteiger charge is -2.31. The minimum Gasteiger partial charge on any atom is -0.372 e. The number of aryl methyl sites for hydroxylation is 4. The zero-order chi connectivity index (χ0) is 32.4. The zero-order valence-corrected chi connectivity index (χ0v) is 27.7. The Kier molecular flexibility index (Phi) is 8.46. The van der Waals surface area contributed by atoms with Gasteiger partial charge in [0.15, 0.2) is 0 Å². The molecule has 6 heteroatoms. The first-order chi connectivity index (χ1) is 22.1. The lowest BCUT2D eigenvalue weighted by Crippen LogP contribution is -2.35. The van der Waals surface area contributed by atoms with Gasteiger partial charge in [-0.05, 0) is 107 Å². The number of hydrogen-bond acceptors (Lipinski definition) is 6. The van der Waals surface area contributed by atoms with E-state index in [9.17, 15) is 0 Å². The molecule has 0 saturated carbocycles. The van der Waals surface area contributed by atoms with Crippen LogP contribution in [0.3, 0.4) is 0 Å². The number of anilines is 1. The second-order valence-electron chi connectivity index (χ2n) is 12.4. The number of rotatable bonds is 6. The third-order valence-corrected chi connectivity index (χ3v) is 8.63. The predicted molar refractivity (Wildman–Crippen MR) is 192 cm³/mol. The van der Waals surface area contributed by atoms with Gasteiger partial charge in [0.1, 0.15) is 0 Å². The van der Waals surface area contributed by atoms with E-state index < -0.39 is 5.54 Å². The van der Waals surface area contributed by atoms with Crippen LogP contribution in [0.15, 0.2) is 112 Å². The molecule has 0 radical (unpaired) electrons. The number of nitrogens with zero attached hydrogens (tertiary/aromatic N) is 5. The third-order valence-electron chi connectivity index (χ3n) is 8.63. The average Bonchev–Trinajstić information content (AvgIpc) is 3.21. The van der Waals surface area contributed by atoms with Crippen molar-refractivity contribution in [1.29, 1.82) is 0 Å². The number of nitrogens with one attached hydrogen (secondary N) is 1. The molecular weight excluding hydrogens is 564 g/mol. The van der Waals surface area contributed by atoms with E-state index in [-0.39, 0.29) is 0 Å². The Hall–Kier alpha value is -5.23. The number of hydrogen-bond donors (Lipinski definition) is 1. The van der Waals surface area contributed by atoms with Crippen LogP contribution < -0.4 is 5.32 Å². The van der Waals surface area contributed by atoms with Crippen LogP contribution in [0.25, 0.3) is 0 Å². The number of para-hydroxylation sites is 4. The first-order valence-electron chi connectivity index (χ1n) is 15.7. The molecule has 0 aliphatic carbocycles. The van der Waals surface area contributed by atoms with E-state index in [0.29, 0.717) is 6.42 Å². The number of benzene rings is 3. The minimum absolute atomic E-state index is 0.570. The summed E-state index contributed by atoms with van der Waals surface area (Å²) in [7, 11) is 0. The van der Waals surface area contributed by atoms with Crippen molar-refractivity contribution in [1.82, 2.24) is 9.97 Å². The van der Waals surface area contributed by atoms with Crippen LogP contribution in [-0.4, -0.2) is 27.1 Å². The fraction of sp³-hybridized carbons (Fsp3) is 0.225. The first kappa shape index (κ1) is 30.8. The molecule has 1 aliphatic rings. The van der Waals surface area contributed by atoms with Gasteiger partial charge in [0, 0.05) is 6.42 Å². The Balaban J connectivity index is 1.39. The molecule has 1 unspecified atom stereocenters. The number of fused-ring (bicyclic) bond motifs is 1. The lowest BCUT2D eigenvalue weighted by atomic mass is 9.88. The molecule has 46 heavy (non-hydrogen) atoms. The van der Waals surface area contributed by atoms with Gasteiger partial charge >= 0.3 is 0 Å². The van der Waals surface area contributed by atoms with Crippen molar-refractivity contribution in [2.24, 2.45) is 15.0 Å². The predicted octanol–water partition coefficient (Wildman–Crippen LogP) is 9.84. The Labute approximate surface area is 272 Å². The highest BCUT2D eigenvalue weighted by molar-refractivity contribution is 6.05. The summed E-state index contributed by atoms with van der Waals surface area (Å²) in [5, 5.41) is 3.80. The van der Waals surface area contributed by atoms with Crippen molar-refractivity contribution in [3.8, 4) is 0 Å². The normalized spacial score (nSPS) is 16.7. The van der Waals surface area contributed by atoms with Crippen LogP contribution in [-0.2, 0) is 5.54 Å². The third kappa shape index (κ3) is 6.29. The highest BCUT2D eigenvalue weighted by atomic mass is 15.0. The molecule has 3 aromatic carbocycles. The van der Waals surface area contributed by atoms with Gasteiger partial charge in [0.25, 0.3) is 0 Å². The van der Waals surface area contributed by atoms with Crippen molar-refractivity contribution in [3.63, 3.8) is 0 Å². The largest absolute Gasteiger partial charge is 0.372 e. The maximum atomic E-state index is 5.19. The maximum Gasteiger partial charge on any atom is 0.0865 e. The van der Waals surface area contributed by atoms with Crippen molar-refractivity contribution in [2.45, 2.75) is 60.4 Å². The van der Waals surface area contributed by atoms with Crippen LogP contribution in [0.5, 0.6) is 0 Å². The van der Waals surface area contributed by atoms with Crippen molar-refractivity contribution in [2.75, 3.05) is 5.32 Å². The fourth-order valence-corrected chi connectivity index (χ4v) is 5.99. The Morgan fingerprint density at radius 1 is 0.630 bits per heavy atom. The molecule has 2 aromatic heterocycles. The molecule has 0 spiro atoms. The second-order valence-corrected chi connectivity index (χ2v) is 12.4. The van der Waals surface area contributed by atoms with E-state index in [1.54, 1.807) is 0 Å². The molecule has 6 nitrogen and oxygen atoms in total. The number of aliphatic imine (C=N–C) groups is 3. The van der Waals surface area contributed by atoms with E-state index in [4.69, 9.17) is 24.9 Å². The summed E-state index contributed by atoms with van der Waals surface area (Å²) in [6.07, 6.45) is 0.578. The zero-order valence-electron chi connectivity index (χ0n) is 27.7. The smallest absolute Gasteiger partial charge is 0.0865 e. The molecule has 6 rings (SSSR count). The summed E-state index contributed by atoms with van der Waals surface area (Å²) >= 11 is 0. The van der Waals surface area contributed by atoms with Crippen LogP contribution in [0.4, 0.5) is 22.7 Å². The number of aromatic nitrogens is 2. The van der Waals surface area contributed by atoms with Crippen molar-refractivity contribution >= 4 is 39.9 Å². The molecule has 1 N–H and O–H groups in total. The van der Waals surface area contributed by atoms with Crippen molar-refractivity contribution < 1.29 is 0 Å². The lowest BCUT2D eigenvalue weighted by molar-refractivity contribution is 0.551. The van der Waals surface area contributed by atoms with Crippen LogP contribution in [0.1, 0.15) is 72.2 Å². The summed E-state index contributed by atoms with van der Waals surface area (Å²) < 4.78 is 0. The molecule has 230 valence electrons. The summed E-state index contributed by atoms with van der Waals surface area (Å²) in [6.45, 7) is 14.6. The summed E-state index contributed by atoms with van der Waals surface area (Å²) in [4.78, 5) is 25.5. The van der Waals surface area contributed by atoms with Gasteiger partial charge in [-0.1, -0.05) is 60.7 Å². The van der Waals surface area contributed by atoms with E-state index in [1.165, 1.54) is 0 Å². The molecule has 0 bridgehead atoms. The second kappa shape index (κ2) is 12.6. The summed E-state index contributed by atoms with van der Waals surface area (Å²) in [5.74, 6) is 0. The van der Waals surface area contributed by atoms with Gasteiger partial charge in [0.2, 0.25) is 0 Å². The van der Waals surface area contributed by atoms with Gasteiger partial charge in [-0.15, -0.1) is 0 Å². The number of pyridine rings is 2. The summed E-state index contributed by atoms with van der Waals surface area (Å²) in [6, 6.07) is 32.9. The molecule has 1 aliphatic heterocycles. The average molecular weight is 605 g/mol. The fourth-order valence-electron chi connectivity index (χ4n) is 5.99. The standard InChI is InChI=1S/C40H40N6/c1-25-14-10-15-26(2)38(25)41-29(5)31-20-12-22-34(43-31)36-24-40(7,46-35-19-9-8-18-33(35)44-36)37-23-13-21-32(45-37)30(6)42-39-27(3)16-11-17-28(39)4/h8-23,46H,24H2,1-7H3. The highest BCUT2D eigenvalue weighted by Gasteiger charge is 2.34. The van der Waals surface area contributed by atoms with Gasteiger partial charge < -0.3 is 5.32 Å².